The van der Waals surface area contributed by atoms with Gasteiger partial charge < -0.3 is 9.30 Å². The summed E-state index contributed by atoms with van der Waals surface area (Å²) in [6.07, 6.45) is 8.32. The lowest BCUT2D eigenvalue weighted by molar-refractivity contribution is -0.123. The molecule has 6 nitrogen and oxygen atoms in total. The Bertz CT molecular complexity index is 611. The first-order valence-electron chi connectivity index (χ1n) is 9.45. The number of hydrogen-bond donors (Lipinski definition) is 1. The van der Waals surface area contributed by atoms with Gasteiger partial charge >= 0.3 is 0 Å². The molecule has 0 aromatic carbocycles. The second kappa shape index (κ2) is 8.63. The van der Waals surface area contributed by atoms with Crippen molar-refractivity contribution in [1.29, 1.82) is 0 Å². The first-order chi connectivity index (χ1) is 12.1. The fraction of sp³-hybridized carbons (Fsp3) is 0.684. The molecule has 0 radical (unpaired) electrons. The van der Waals surface area contributed by atoms with Gasteiger partial charge in [-0.2, -0.15) is 5.10 Å². The summed E-state index contributed by atoms with van der Waals surface area (Å²) in [7, 11) is 0. The molecule has 25 heavy (non-hydrogen) atoms. The van der Waals surface area contributed by atoms with E-state index < -0.39 is 0 Å². The minimum absolute atomic E-state index is 0.0701. The van der Waals surface area contributed by atoms with Crippen molar-refractivity contribution in [2.24, 2.45) is 5.10 Å². The number of nitrogens with zero attached hydrogens (tertiary/aromatic N) is 3. The highest BCUT2D eigenvalue weighted by molar-refractivity contribution is 5.84. The van der Waals surface area contributed by atoms with Crippen LogP contribution in [0, 0.1) is 13.8 Å². The van der Waals surface area contributed by atoms with E-state index in [0.29, 0.717) is 25.8 Å². The van der Waals surface area contributed by atoms with E-state index in [1.54, 1.807) is 6.21 Å². The zero-order chi connectivity index (χ0) is 17.6. The first-order valence-corrected chi connectivity index (χ1v) is 9.45. The molecule has 2 aliphatic rings. The monoisotopic (exact) mass is 346 g/mol. The molecule has 6 heteroatoms. The number of morpholine rings is 1. The Labute approximate surface area is 150 Å². The van der Waals surface area contributed by atoms with Crippen LogP contribution in [0.25, 0.3) is 0 Å². The van der Waals surface area contributed by atoms with E-state index in [2.05, 4.69) is 39.9 Å². The zero-order valence-electron chi connectivity index (χ0n) is 15.5. The molecule has 1 saturated heterocycles. The van der Waals surface area contributed by atoms with E-state index in [-0.39, 0.29) is 5.91 Å². The minimum Gasteiger partial charge on any atom is -0.379 e. The summed E-state index contributed by atoms with van der Waals surface area (Å²) in [6, 6.07) is 2.79. The van der Waals surface area contributed by atoms with Crippen molar-refractivity contribution in [2.75, 3.05) is 32.8 Å². The van der Waals surface area contributed by atoms with Crippen LogP contribution >= 0.6 is 0 Å². The average Bonchev–Trinajstić information content (AvgIpc) is 2.90. The molecule has 0 unspecified atom stereocenters. The Balaban J connectivity index is 1.56. The Morgan fingerprint density at radius 3 is 2.72 bits per heavy atom. The molecule has 1 saturated carbocycles. The standard InChI is InChI=1S/C19H30N4O2/c1-15-12-17(16(2)23(15)18-6-4-3-5-7-18)13-20-21-19(24)14-22-8-10-25-11-9-22/h12-13,18H,3-11,14H2,1-2H3,(H,21,24)/b20-13+. The SMILES string of the molecule is Cc1cc(/C=N/NC(=O)CN2CCOCC2)c(C)n1C1CCCCC1. The van der Waals surface area contributed by atoms with Gasteiger partial charge in [-0.1, -0.05) is 19.3 Å². The predicted molar refractivity (Wildman–Crippen MR) is 99.0 cm³/mol. The number of amides is 1. The minimum atomic E-state index is -0.0701. The molecular formula is C19H30N4O2. The Kier molecular flexibility index (Phi) is 6.26. The van der Waals surface area contributed by atoms with Gasteiger partial charge in [-0.05, 0) is 32.8 Å². The molecule has 0 atom stereocenters. The molecule has 1 aromatic heterocycles. The number of hydrogen-bond acceptors (Lipinski definition) is 4. The summed E-state index contributed by atoms with van der Waals surface area (Å²) in [5.74, 6) is -0.0701. The number of rotatable bonds is 5. The van der Waals surface area contributed by atoms with Crippen molar-refractivity contribution in [2.45, 2.75) is 52.0 Å². The molecule has 0 bridgehead atoms. The molecule has 1 aliphatic heterocycles. The lowest BCUT2D eigenvalue weighted by Crippen LogP contribution is -2.42. The van der Waals surface area contributed by atoms with Crippen LogP contribution in [0.1, 0.15) is 55.1 Å². The van der Waals surface area contributed by atoms with Gasteiger partial charge in [-0.15, -0.1) is 0 Å². The van der Waals surface area contributed by atoms with Gasteiger partial charge in [0.15, 0.2) is 0 Å². The lowest BCUT2D eigenvalue weighted by Gasteiger charge is -2.26. The number of nitrogens with one attached hydrogen (secondary N) is 1. The molecule has 2 fully saturated rings. The van der Waals surface area contributed by atoms with E-state index >= 15 is 0 Å². The molecular weight excluding hydrogens is 316 g/mol. The number of carbonyl (C=O) groups is 1. The highest BCUT2D eigenvalue weighted by Crippen LogP contribution is 2.31. The summed E-state index contributed by atoms with van der Waals surface area (Å²) in [5.41, 5.74) is 6.27. The lowest BCUT2D eigenvalue weighted by atomic mass is 9.95. The van der Waals surface area contributed by atoms with Crippen LogP contribution in [0.4, 0.5) is 0 Å². The van der Waals surface area contributed by atoms with Gasteiger partial charge in [0, 0.05) is 36.1 Å². The van der Waals surface area contributed by atoms with Gasteiger partial charge in [0.1, 0.15) is 0 Å². The van der Waals surface area contributed by atoms with Crippen molar-refractivity contribution in [3.63, 3.8) is 0 Å². The molecule has 1 amide bonds. The topological polar surface area (TPSA) is 58.9 Å². The quantitative estimate of drug-likeness (QED) is 0.658. The van der Waals surface area contributed by atoms with Gasteiger partial charge in [0.25, 0.3) is 5.91 Å². The molecule has 1 aromatic rings. The van der Waals surface area contributed by atoms with E-state index in [0.717, 1.165) is 18.7 Å². The molecule has 1 aliphatic carbocycles. The van der Waals surface area contributed by atoms with Crippen LogP contribution in [-0.2, 0) is 9.53 Å². The Morgan fingerprint density at radius 1 is 1.28 bits per heavy atom. The number of aromatic nitrogens is 1. The van der Waals surface area contributed by atoms with Crippen molar-refractivity contribution >= 4 is 12.1 Å². The van der Waals surface area contributed by atoms with Crippen LogP contribution in [0.3, 0.4) is 0 Å². The third-order valence-electron chi connectivity index (χ3n) is 5.33. The largest absolute Gasteiger partial charge is 0.379 e. The van der Waals surface area contributed by atoms with E-state index in [9.17, 15) is 4.79 Å². The summed E-state index contributed by atoms with van der Waals surface area (Å²) in [6.45, 7) is 7.70. The van der Waals surface area contributed by atoms with Crippen molar-refractivity contribution < 1.29 is 9.53 Å². The van der Waals surface area contributed by atoms with Crippen LogP contribution in [0.15, 0.2) is 11.2 Å². The number of carbonyl (C=O) groups excluding carboxylic acids is 1. The smallest absolute Gasteiger partial charge is 0.254 e. The maximum absolute atomic E-state index is 12.0. The number of hydrazone groups is 1. The molecule has 3 rings (SSSR count). The van der Waals surface area contributed by atoms with Gasteiger partial charge in [-0.25, -0.2) is 5.43 Å². The zero-order valence-corrected chi connectivity index (χ0v) is 15.5. The van der Waals surface area contributed by atoms with Gasteiger partial charge in [0.2, 0.25) is 0 Å². The van der Waals surface area contributed by atoms with Crippen molar-refractivity contribution in [1.82, 2.24) is 14.9 Å². The maximum atomic E-state index is 12.0. The van der Waals surface area contributed by atoms with Crippen LogP contribution in [-0.4, -0.2) is 54.4 Å². The molecule has 1 N–H and O–H groups in total. The third-order valence-corrected chi connectivity index (χ3v) is 5.33. The average molecular weight is 346 g/mol. The predicted octanol–water partition coefficient (Wildman–Crippen LogP) is 2.39. The normalized spacial score (nSPS) is 20.2. The summed E-state index contributed by atoms with van der Waals surface area (Å²) in [4.78, 5) is 14.1. The van der Waals surface area contributed by atoms with Gasteiger partial charge in [-0.3, -0.25) is 9.69 Å². The van der Waals surface area contributed by atoms with Crippen molar-refractivity contribution in [3.8, 4) is 0 Å². The van der Waals surface area contributed by atoms with E-state index in [1.807, 2.05) is 0 Å². The summed E-state index contributed by atoms with van der Waals surface area (Å²) >= 11 is 0. The fourth-order valence-corrected chi connectivity index (χ4v) is 4.01. The molecule has 2 heterocycles. The highest BCUT2D eigenvalue weighted by atomic mass is 16.5. The van der Waals surface area contributed by atoms with Crippen LogP contribution < -0.4 is 5.43 Å². The fourth-order valence-electron chi connectivity index (χ4n) is 4.01. The second-order valence-corrected chi connectivity index (χ2v) is 7.17. The maximum Gasteiger partial charge on any atom is 0.254 e. The molecule has 138 valence electrons. The number of aryl methyl sites for hydroxylation is 1. The van der Waals surface area contributed by atoms with E-state index in [1.165, 1.54) is 43.5 Å². The van der Waals surface area contributed by atoms with Crippen molar-refractivity contribution in [3.05, 3.63) is 23.0 Å². The van der Waals surface area contributed by atoms with E-state index in [4.69, 9.17) is 4.74 Å². The Morgan fingerprint density at radius 2 is 2.00 bits per heavy atom. The van der Waals surface area contributed by atoms with Crippen LogP contribution in [0.2, 0.25) is 0 Å². The Hall–Kier alpha value is -1.66. The number of ether oxygens (including phenoxy) is 1. The van der Waals surface area contributed by atoms with Gasteiger partial charge in [0.05, 0.1) is 26.0 Å². The third kappa shape index (κ3) is 4.70. The first kappa shape index (κ1) is 18.1. The van der Waals surface area contributed by atoms with Crippen LogP contribution in [0.5, 0.6) is 0 Å². The summed E-state index contributed by atoms with van der Waals surface area (Å²) < 4.78 is 7.75. The molecule has 0 spiro atoms. The highest BCUT2D eigenvalue weighted by Gasteiger charge is 2.19. The second-order valence-electron chi connectivity index (χ2n) is 7.17. The summed E-state index contributed by atoms with van der Waals surface area (Å²) in [5, 5.41) is 4.17.